The fourth-order valence-electron chi connectivity index (χ4n) is 3.55. The number of rotatable bonds is 6. The molecule has 6 heteroatoms. The number of aromatic amines is 1. The van der Waals surface area contributed by atoms with Gasteiger partial charge in [0.2, 0.25) is 0 Å². The van der Waals surface area contributed by atoms with Crippen molar-refractivity contribution in [2.45, 2.75) is 70.5 Å². The second-order valence-corrected chi connectivity index (χ2v) is 11.2. The molecule has 142 valence electrons. The smallest absolute Gasteiger partial charge is 0.251 e. The summed E-state index contributed by atoms with van der Waals surface area (Å²) in [4.78, 5) is 14.1. The number of nitrogens with one attached hydrogen (secondary N) is 1. The molecule has 1 aromatic heterocycles. The van der Waals surface area contributed by atoms with Crippen LogP contribution in [0.3, 0.4) is 0 Å². The highest BCUT2D eigenvalue weighted by atomic mass is 32.2. The molecule has 1 aliphatic carbocycles. The molecule has 0 unspecified atom stereocenters. The third-order valence-corrected chi connectivity index (χ3v) is 8.07. The first-order valence-electron chi connectivity index (χ1n) is 9.21. The van der Waals surface area contributed by atoms with Crippen LogP contribution in [-0.2, 0) is 16.3 Å². The quantitative estimate of drug-likeness (QED) is 0.804. The monoisotopic (exact) mass is 369 g/mol. The van der Waals surface area contributed by atoms with Gasteiger partial charge in [-0.25, -0.2) is 8.42 Å². The minimum Gasteiger partial charge on any atom is -0.508 e. The number of hydrogen-bond acceptors (Lipinski definition) is 4. The lowest BCUT2D eigenvalue weighted by Crippen LogP contribution is -2.34. The Bertz CT molecular complexity index is 723. The molecule has 0 atom stereocenters. The number of aromatic nitrogens is 1. The lowest BCUT2D eigenvalue weighted by atomic mass is 9.80. The van der Waals surface area contributed by atoms with Gasteiger partial charge in [-0.15, -0.1) is 0 Å². The molecule has 0 saturated heterocycles. The van der Waals surface area contributed by atoms with Gasteiger partial charge in [-0.3, -0.25) is 4.79 Å². The lowest BCUT2D eigenvalue weighted by molar-refractivity contribution is 0.274. The molecule has 0 aliphatic heterocycles. The zero-order valence-corrected chi connectivity index (χ0v) is 16.4. The van der Waals surface area contributed by atoms with Crippen LogP contribution in [-0.4, -0.2) is 29.0 Å². The van der Waals surface area contributed by atoms with Crippen molar-refractivity contribution in [3.05, 3.63) is 28.2 Å². The molecule has 1 fully saturated rings. The molecule has 1 saturated carbocycles. The molecule has 2 rings (SSSR count). The second-order valence-electron chi connectivity index (χ2n) is 8.40. The third-order valence-electron chi connectivity index (χ3n) is 5.30. The molecule has 5 nitrogen and oxygen atoms in total. The van der Waals surface area contributed by atoms with Crippen molar-refractivity contribution in [2.24, 2.45) is 11.8 Å². The molecule has 0 amide bonds. The van der Waals surface area contributed by atoms with Gasteiger partial charge in [0, 0.05) is 11.8 Å². The van der Waals surface area contributed by atoms with E-state index >= 15 is 0 Å². The zero-order chi connectivity index (χ0) is 18.7. The summed E-state index contributed by atoms with van der Waals surface area (Å²) in [5, 5.41) is 9.45. The van der Waals surface area contributed by atoms with Crippen molar-refractivity contribution in [3.8, 4) is 5.75 Å². The molecule has 2 N–H and O–H groups in total. The molecule has 1 aliphatic rings. The standard InChI is InChI=1S/C19H31NO4S/c1-19(2,3)25(23,24)13-15-9-7-14(8-10-15)5-4-6-16-11-17(21)12-18(22)20-16/h11-12,14-15H,4-10,13H2,1-3H3,(H2,20,21,22). The van der Waals surface area contributed by atoms with Gasteiger partial charge in [0.1, 0.15) is 5.75 Å². The molecule has 1 heterocycles. The van der Waals surface area contributed by atoms with Crippen LogP contribution >= 0.6 is 0 Å². The van der Waals surface area contributed by atoms with E-state index < -0.39 is 14.6 Å². The first-order chi connectivity index (χ1) is 11.6. The van der Waals surface area contributed by atoms with Crippen molar-refractivity contribution >= 4 is 9.84 Å². The van der Waals surface area contributed by atoms with Gasteiger partial charge in [-0.05, 0) is 64.4 Å². The fourth-order valence-corrected chi connectivity index (χ4v) is 5.00. The molecule has 0 bridgehead atoms. The summed E-state index contributed by atoms with van der Waals surface area (Å²) < 4.78 is 24.0. The van der Waals surface area contributed by atoms with E-state index in [1.807, 2.05) is 0 Å². The highest BCUT2D eigenvalue weighted by molar-refractivity contribution is 7.92. The van der Waals surface area contributed by atoms with Gasteiger partial charge in [0.05, 0.1) is 10.5 Å². The Balaban J connectivity index is 1.75. The summed E-state index contributed by atoms with van der Waals surface area (Å²) in [6.45, 7) is 5.33. The van der Waals surface area contributed by atoms with E-state index in [1.54, 1.807) is 26.8 Å². The van der Waals surface area contributed by atoms with Crippen LogP contribution in [0.1, 0.15) is 65.0 Å². The summed E-state index contributed by atoms with van der Waals surface area (Å²) in [6, 6.07) is 2.78. The van der Waals surface area contributed by atoms with E-state index in [0.717, 1.165) is 50.6 Å². The fraction of sp³-hybridized carbons (Fsp3) is 0.737. The summed E-state index contributed by atoms with van der Waals surface area (Å²) in [7, 11) is -3.03. The maximum Gasteiger partial charge on any atom is 0.251 e. The number of H-pyrrole nitrogens is 1. The van der Waals surface area contributed by atoms with Gasteiger partial charge in [-0.1, -0.05) is 19.3 Å². The highest BCUT2D eigenvalue weighted by Crippen LogP contribution is 2.34. The van der Waals surface area contributed by atoms with Crippen LogP contribution in [0.4, 0.5) is 0 Å². The van der Waals surface area contributed by atoms with Crippen molar-refractivity contribution in [1.29, 1.82) is 0 Å². The van der Waals surface area contributed by atoms with Crippen molar-refractivity contribution in [1.82, 2.24) is 4.98 Å². The zero-order valence-electron chi connectivity index (χ0n) is 15.5. The average Bonchev–Trinajstić information content (AvgIpc) is 2.46. The highest BCUT2D eigenvalue weighted by Gasteiger charge is 2.33. The van der Waals surface area contributed by atoms with Crippen LogP contribution in [0.25, 0.3) is 0 Å². The first kappa shape index (κ1) is 20.0. The van der Waals surface area contributed by atoms with E-state index in [9.17, 15) is 18.3 Å². The maximum atomic E-state index is 12.3. The number of hydrogen-bond donors (Lipinski definition) is 2. The normalized spacial score (nSPS) is 22.0. The lowest BCUT2D eigenvalue weighted by Gasteiger charge is -2.30. The topological polar surface area (TPSA) is 87.2 Å². The van der Waals surface area contributed by atoms with Crippen LogP contribution in [0.5, 0.6) is 5.75 Å². The van der Waals surface area contributed by atoms with Gasteiger partial charge in [0.15, 0.2) is 9.84 Å². The number of aromatic hydroxyl groups is 1. The van der Waals surface area contributed by atoms with Crippen LogP contribution < -0.4 is 5.56 Å². The van der Waals surface area contributed by atoms with Crippen molar-refractivity contribution < 1.29 is 13.5 Å². The summed E-state index contributed by atoms with van der Waals surface area (Å²) in [5.74, 6) is 1.26. The van der Waals surface area contributed by atoms with E-state index in [2.05, 4.69) is 4.98 Å². The van der Waals surface area contributed by atoms with Gasteiger partial charge in [0.25, 0.3) is 5.56 Å². The Morgan fingerprint density at radius 1 is 1.12 bits per heavy atom. The van der Waals surface area contributed by atoms with E-state index in [4.69, 9.17) is 0 Å². The molecule has 25 heavy (non-hydrogen) atoms. The molecule has 0 spiro atoms. The van der Waals surface area contributed by atoms with Gasteiger partial charge in [-0.2, -0.15) is 0 Å². The predicted octanol–water partition coefficient (Wildman–Crippen LogP) is 3.42. The minimum absolute atomic E-state index is 0.0133. The van der Waals surface area contributed by atoms with Gasteiger partial charge >= 0.3 is 0 Å². The van der Waals surface area contributed by atoms with Crippen LogP contribution in [0.15, 0.2) is 16.9 Å². The largest absolute Gasteiger partial charge is 0.508 e. The van der Waals surface area contributed by atoms with Crippen LogP contribution in [0, 0.1) is 11.8 Å². The molecule has 0 aromatic carbocycles. The van der Waals surface area contributed by atoms with Crippen molar-refractivity contribution in [2.75, 3.05) is 5.75 Å². The number of pyridine rings is 1. The van der Waals surface area contributed by atoms with Gasteiger partial charge < -0.3 is 10.1 Å². The summed E-state index contributed by atoms with van der Waals surface area (Å²) in [5.41, 5.74) is 0.505. The number of aryl methyl sites for hydroxylation is 1. The van der Waals surface area contributed by atoms with Crippen LogP contribution in [0.2, 0.25) is 0 Å². The average molecular weight is 370 g/mol. The number of sulfone groups is 1. The van der Waals surface area contributed by atoms with Crippen molar-refractivity contribution in [3.63, 3.8) is 0 Å². The molecular formula is C19H31NO4S. The van der Waals surface area contributed by atoms with E-state index in [0.29, 0.717) is 17.6 Å². The summed E-state index contributed by atoms with van der Waals surface area (Å²) >= 11 is 0. The Morgan fingerprint density at radius 2 is 1.72 bits per heavy atom. The Hall–Kier alpha value is -1.30. The predicted molar refractivity (Wildman–Crippen MR) is 101 cm³/mol. The SMILES string of the molecule is CC(C)(C)S(=O)(=O)CC1CCC(CCCc2cc(O)cc(=O)[nH]2)CC1. The molecule has 1 aromatic rings. The molecular weight excluding hydrogens is 338 g/mol. The van der Waals surface area contributed by atoms with E-state index in [-0.39, 0.29) is 11.3 Å². The van der Waals surface area contributed by atoms with E-state index in [1.165, 1.54) is 6.07 Å². The minimum atomic E-state index is -3.03. The summed E-state index contributed by atoms with van der Waals surface area (Å²) in [6.07, 6.45) is 6.95. The second kappa shape index (κ2) is 7.94. The Morgan fingerprint density at radius 3 is 2.28 bits per heavy atom. The molecule has 0 radical (unpaired) electrons. The maximum absolute atomic E-state index is 12.3. The third kappa shape index (κ3) is 5.87. The Kier molecular flexibility index (Phi) is 6.35. The first-order valence-corrected chi connectivity index (χ1v) is 10.9. The Labute approximate surface area is 150 Å².